The van der Waals surface area contributed by atoms with Crippen LogP contribution in [0.4, 0.5) is 16.2 Å². The van der Waals surface area contributed by atoms with Gasteiger partial charge in [-0.1, -0.05) is 17.7 Å². The molecule has 10 nitrogen and oxygen atoms in total. The number of aromatic hydroxyl groups is 1. The molecule has 3 rings (SSSR count). The van der Waals surface area contributed by atoms with Crippen molar-refractivity contribution in [2.45, 2.75) is 13.8 Å². The number of hydrogen-bond donors (Lipinski definition) is 2. The van der Waals surface area contributed by atoms with Gasteiger partial charge in [0.05, 0.1) is 17.2 Å². The SMILES string of the molecule is CCOc1cc(/C=C2\C(=O)NC(=O)N(c3cccc(Cl)c3C)C2=O)cc([N+](=O)[O-])c1O. The number of carbonyl (C=O) groups is 3. The Morgan fingerprint density at radius 1 is 1.29 bits per heavy atom. The Hall–Kier alpha value is -3.92. The molecule has 2 N–H and O–H groups in total. The summed E-state index contributed by atoms with van der Waals surface area (Å²) in [6, 6.07) is 5.89. The van der Waals surface area contributed by atoms with Gasteiger partial charge in [0.1, 0.15) is 5.57 Å². The van der Waals surface area contributed by atoms with E-state index in [2.05, 4.69) is 5.32 Å². The number of benzene rings is 2. The number of carbonyl (C=O) groups excluding carboxylic acids is 3. The third-order valence-corrected chi connectivity index (χ3v) is 4.88. The Labute approximate surface area is 180 Å². The number of ether oxygens (including phenoxy) is 1. The molecule has 0 aliphatic carbocycles. The number of rotatable bonds is 5. The zero-order valence-electron chi connectivity index (χ0n) is 16.3. The van der Waals surface area contributed by atoms with Gasteiger partial charge in [0.2, 0.25) is 5.75 Å². The van der Waals surface area contributed by atoms with Gasteiger partial charge in [0, 0.05) is 11.1 Å². The number of halogens is 1. The summed E-state index contributed by atoms with van der Waals surface area (Å²) in [4.78, 5) is 48.9. The number of nitrogens with zero attached hydrogens (tertiary/aromatic N) is 2. The van der Waals surface area contributed by atoms with Crippen molar-refractivity contribution in [2.24, 2.45) is 0 Å². The second-order valence-electron chi connectivity index (χ2n) is 6.42. The maximum atomic E-state index is 13.0. The fourth-order valence-electron chi connectivity index (χ4n) is 2.98. The van der Waals surface area contributed by atoms with Crippen LogP contribution in [-0.4, -0.2) is 34.5 Å². The van der Waals surface area contributed by atoms with E-state index in [1.807, 2.05) is 0 Å². The maximum absolute atomic E-state index is 13.0. The van der Waals surface area contributed by atoms with Crippen LogP contribution in [0.1, 0.15) is 18.1 Å². The Morgan fingerprint density at radius 2 is 2.00 bits per heavy atom. The van der Waals surface area contributed by atoms with Gasteiger partial charge < -0.3 is 9.84 Å². The second kappa shape index (κ2) is 8.44. The van der Waals surface area contributed by atoms with Crippen molar-refractivity contribution in [1.29, 1.82) is 0 Å². The summed E-state index contributed by atoms with van der Waals surface area (Å²) in [5.74, 6) is -2.78. The summed E-state index contributed by atoms with van der Waals surface area (Å²) in [5.41, 5.74) is -0.439. The molecule has 2 aromatic rings. The molecule has 2 aromatic carbocycles. The molecule has 11 heteroatoms. The first-order valence-electron chi connectivity index (χ1n) is 8.96. The van der Waals surface area contributed by atoms with Crippen molar-refractivity contribution in [3.05, 3.63) is 62.2 Å². The number of imide groups is 2. The summed E-state index contributed by atoms with van der Waals surface area (Å²) in [6.07, 6.45) is 1.08. The van der Waals surface area contributed by atoms with Gasteiger partial charge in [0.25, 0.3) is 11.8 Å². The van der Waals surface area contributed by atoms with Gasteiger partial charge in [-0.15, -0.1) is 0 Å². The molecule has 31 heavy (non-hydrogen) atoms. The average Bonchev–Trinajstić information content (AvgIpc) is 2.70. The number of nitro groups is 1. The number of amides is 4. The van der Waals surface area contributed by atoms with E-state index >= 15 is 0 Å². The molecule has 1 aliphatic heterocycles. The second-order valence-corrected chi connectivity index (χ2v) is 6.83. The molecule has 0 spiro atoms. The zero-order valence-corrected chi connectivity index (χ0v) is 17.1. The average molecular weight is 446 g/mol. The number of phenolic OH excluding ortho intramolecular Hbond substituents is 1. The van der Waals surface area contributed by atoms with Crippen LogP contribution in [0.3, 0.4) is 0 Å². The molecular weight excluding hydrogens is 430 g/mol. The fourth-order valence-corrected chi connectivity index (χ4v) is 3.15. The standard InChI is InChI=1S/C20H16ClN3O7/c1-3-31-16-9-11(8-15(17(16)25)24(29)30)7-12-18(26)22-20(28)23(19(12)27)14-6-4-5-13(21)10(14)2/h4-9,25H,3H2,1-2H3,(H,22,26,28)/b12-7+. The Bertz CT molecular complexity index is 1160. The zero-order chi connectivity index (χ0) is 22.9. The minimum absolute atomic E-state index is 0.0450. The molecule has 4 amide bonds. The highest BCUT2D eigenvalue weighted by atomic mass is 35.5. The fraction of sp³-hybridized carbons (Fsp3) is 0.150. The van der Waals surface area contributed by atoms with Gasteiger partial charge in [0.15, 0.2) is 5.75 Å². The van der Waals surface area contributed by atoms with Gasteiger partial charge in [-0.05, 0) is 49.2 Å². The summed E-state index contributed by atoms with van der Waals surface area (Å²) >= 11 is 6.08. The summed E-state index contributed by atoms with van der Waals surface area (Å²) in [7, 11) is 0. The van der Waals surface area contributed by atoms with E-state index < -0.39 is 39.8 Å². The van der Waals surface area contributed by atoms with Crippen molar-refractivity contribution in [3.63, 3.8) is 0 Å². The first-order valence-corrected chi connectivity index (χ1v) is 9.34. The molecule has 0 atom stereocenters. The lowest BCUT2D eigenvalue weighted by Gasteiger charge is -2.27. The van der Waals surface area contributed by atoms with Crippen molar-refractivity contribution >= 4 is 46.9 Å². The van der Waals surface area contributed by atoms with Crippen molar-refractivity contribution in [1.82, 2.24) is 5.32 Å². The highest BCUT2D eigenvalue weighted by molar-refractivity contribution is 6.40. The van der Waals surface area contributed by atoms with Crippen LogP contribution >= 0.6 is 11.6 Å². The predicted molar refractivity (Wildman–Crippen MR) is 111 cm³/mol. The largest absolute Gasteiger partial charge is 0.500 e. The molecular formula is C20H16ClN3O7. The lowest BCUT2D eigenvalue weighted by molar-refractivity contribution is -0.386. The molecule has 160 valence electrons. The number of hydrogen-bond acceptors (Lipinski definition) is 7. The number of anilines is 1. The topological polar surface area (TPSA) is 139 Å². The number of urea groups is 1. The third kappa shape index (κ3) is 4.05. The van der Waals surface area contributed by atoms with Crippen LogP contribution in [0.15, 0.2) is 35.9 Å². The van der Waals surface area contributed by atoms with Gasteiger partial charge in [-0.25, -0.2) is 9.69 Å². The van der Waals surface area contributed by atoms with Crippen molar-refractivity contribution in [3.8, 4) is 11.5 Å². The first kappa shape index (κ1) is 21.8. The van der Waals surface area contributed by atoms with E-state index in [9.17, 15) is 29.6 Å². The van der Waals surface area contributed by atoms with Crippen molar-refractivity contribution < 1.29 is 29.2 Å². The molecule has 1 heterocycles. The van der Waals surface area contributed by atoms with Crippen LogP contribution < -0.4 is 15.0 Å². The van der Waals surface area contributed by atoms with Gasteiger partial charge in [-0.3, -0.25) is 25.0 Å². The number of barbiturate groups is 1. The highest BCUT2D eigenvalue weighted by Gasteiger charge is 2.37. The molecule has 1 saturated heterocycles. The van der Waals surface area contributed by atoms with Crippen molar-refractivity contribution in [2.75, 3.05) is 11.5 Å². The monoisotopic (exact) mass is 445 g/mol. The Morgan fingerprint density at radius 3 is 2.65 bits per heavy atom. The lowest BCUT2D eigenvalue weighted by Crippen LogP contribution is -2.54. The predicted octanol–water partition coefficient (Wildman–Crippen LogP) is 3.33. The number of nitro benzene ring substituents is 1. The minimum Gasteiger partial charge on any atom is -0.500 e. The van der Waals surface area contributed by atoms with E-state index in [4.69, 9.17) is 16.3 Å². The smallest absolute Gasteiger partial charge is 0.335 e. The number of phenols is 1. The maximum Gasteiger partial charge on any atom is 0.335 e. The quantitative estimate of drug-likeness (QED) is 0.311. The van der Waals surface area contributed by atoms with Crippen LogP contribution in [0, 0.1) is 17.0 Å². The molecule has 0 radical (unpaired) electrons. The van der Waals surface area contributed by atoms with Crippen LogP contribution in [0.25, 0.3) is 6.08 Å². The first-order chi connectivity index (χ1) is 14.6. The highest BCUT2D eigenvalue weighted by Crippen LogP contribution is 2.38. The van der Waals surface area contributed by atoms with E-state index in [1.165, 1.54) is 12.1 Å². The molecule has 0 unspecified atom stereocenters. The van der Waals surface area contributed by atoms with E-state index in [0.717, 1.165) is 17.0 Å². The minimum atomic E-state index is -0.973. The molecule has 0 bridgehead atoms. The number of nitrogens with one attached hydrogen (secondary N) is 1. The summed E-state index contributed by atoms with van der Waals surface area (Å²) < 4.78 is 5.20. The van der Waals surface area contributed by atoms with Gasteiger partial charge >= 0.3 is 11.7 Å². The van der Waals surface area contributed by atoms with Crippen LogP contribution in [0.2, 0.25) is 5.02 Å². The normalized spacial score (nSPS) is 15.3. The summed E-state index contributed by atoms with van der Waals surface area (Å²) in [5, 5.41) is 23.6. The van der Waals surface area contributed by atoms with E-state index in [1.54, 1.807) is 26.0 Å². The Kier molecular flexibility index (Phi) is 5.93. The summed E-state index contributed by atoms with van der Waals surface area (Å²) in [6.45, 7) is 3.33. The molecule has 0 aromatic heterocycles. The van der Waals surface area contributed by atoms with E-state index in [0.29, 0.717) is 10.6 Å². The van der Waals surface area contributed by atoms with Gasteiger partial charge in [-0.2, -0.15) is 0 Å². The lowest BCUT2D eigenvalue weighted by atomic mass is 10.0. The van der Waals surface area contributed by atoms with Crippen LogP contribution in [-0.2, 0) is 9.59 Å². The Balaban J connectivity index is 2.12. The van der Waals surface area contributed by atoms with E-state index in [-0.39, 0.29) is 23.6 Å². The van der Waals surface area contributed by atoms with Crippen LogP contribution in [0.5, 0.6) is 11.5 Å². The molecule has 1 aliphatic rings. The molecule has 0 saturated carbocycles. The third-order valence-electron chi connectivity index (χ3n) is 4.47. The molecule has 1 fully saturated rings.